The fourth-order valence-corrected chi connectivity index (χ4v) is 6.72. The number of anilines is 2. The van der Waals surface area contributed by atoms with Crippen LogP contribution >= 0.6 is 0 Å². The van der Waals surface area contributed by atoms with Crippen molar-refractivity contribution in [3.05, 3.63) is 85.1 Å². The normalized spacial score (nSPS) is 20.0. The van der Waals surface area contributed by atoms with Crippen LogP contribution in [-0.2, 0) is 16.1 Å². The lowest BCUT2D eigenvalue weighted by molar-refractivity contribution is -0.132. The lowest BCUT2D eigenvalue weighted by atomic mass is 10.1. The Morgan fingerprint density at radius 1 is 1.00 bits per heavy atom. The van der Waals surface area contributed by atoms with Gasteiger partial charge in [0.05, 0.1) is 47.3 Å². The molecule has 1 amide bonds. The Bertz CT molecular complexity index is 2150. The number of likely N-dealkylation sites (N-methyl/N-ethyl adjacent to an activating group) is 1. The summed E-state index contributed by atoms with van der Waals surface area (Å²) in [6.45, 7) is 1.24. The summed E-state index contributed by atoms with van der Waals surface area (Å²) >= 11 is 0. The monoisotopic (exact) mass is 636 g/mol. The third kappa shape index (κ3) is 5.01. The Morgan fingerprint density at radius 2 is 1.87 bits per heavy atom. The molecule has 2 aromatic carbocycles. The van der Waals surface area contributed by atoms with Gasteiger partial charge < -0.3 is 24.4 Å². The smallest absolute Gasteiger partial charge is 0.245 e. The molecule has 47 heavy (non-hydrogen) atoms. The van der Waals surface area contributed by atoms with Crippen LogP contribution in [-0.4, -0.2) is 90.5 Å². The van der Waals surface area contributed by atoms with E-state index in [9.17, 15) is 13.6 Å². The number of methoxy groups -OCH3 is 1. The maximum absolute atomic E-state index is 14.8. The number of aromatic nitrogens is 7. The molecule has 8 rings (SSSR count). The molecule has 1 saturated heterocycles. The second kappa shape index (κ2) is 11.4. The van der Waals surface area contributed by atoms with E-state index in [1.54, 1.807) is 31.6 Å². The van der Waals surface area contributed by atoms with Gasteiger partial charge in [-0.05, 0) is 36.8 Å². The van der Waals surface area contributed by atoms with Gasteiger partial charge in [-0.2, -0.15) is 5.10 Å². The van der Waals surface area contributed by atoms with Crippen LogP contribution in [0.25, 0.3) is 39.0 Å². The van der Waals surface area contributed by atoms with E-state index in [4.69, 9.17) is 9.72 Å². The highest BCUT2D eigenvalue weighted by atomic mass is 19.1. The van der Waals surface area contributed by atoms with E-state index in [0.717, 1.165) is 28.4 Å². The Morgan fingerprint density at radius 3 is 2.72 bits per heavy atom. The number of hydrogen-bond acceptors (Lipinski definition) is 9. The molecule has 0 saturated carbocycles. The molecule has 0 aliphatic carbocycles. The van der Waals surface area contributed by atoms with E-state index < -0.39 is 17.7 Å². The first-order valence-electron chi connectivity index (χ1n) is 15.2. The molecule has 4 aromatic heterocycles. The van der Waals surface area contributed by atoms with Gasteiger partial charge in [-0.25, -0.2) is 33.4 Å². The molecule has 4 bridgehead atoms. The molecule has 12 nitrogen and oxygen atoms in total. The van der Waals surface area contributed by atoms with Crippen LogP contribution in [0.2, 0.25) is 0 Å². The van der Waals surface area contributed by atoms with Gasteiger partial charge in [0.15, 0.2) is 11.5 Å². The van der Waals surface area contributed by atoms with Crippen LogP contribution in [0.5, 0.6) is 0 Å². The van der Waals surface area contributed by atoms with Crippen LogP contribution in [0.4, 0.5) is 20.4 Å². The van der Waals surface area contributed by atoms with Crippen LogP contribution < -0.4 is 10.2 Å². The Labute approximate surface area is 267 Å². The number of hydrogen-bond donors (Lipinski definition) is 1. The molecule has 1 N–H and O–H groups in total. The van der Waals surface area contributed by atoms with Crippen molar-refractivity contribution >= 4 is 39.6 Å². The second-order valence-corrected chi connectivity index (χ2v) is 11.9. The zero-order valence-electron chi connectivity index (χ0n) is 25.6. The minimum atomic E-state index is -0.773. The average Bonchev–Trinajstić information content (AvgIpc) is 3.81. The molecule has 14 heteroatoms. The maximum Gasteiger partial charge on any atom is 0.245 e. The van der Waals surface area contributed by atoms with Crippen molar-refractivity contribution < 1.29 is 18.3 Å². The third-order valence-electron chi connectivity index (χ3n) is 8.94. The Balaban J connectivity index is 1.21. The zero-order valence-corrected chi connectivity index (χ0v) is 25.6. The minimum absolute atomic E-state index is 0.0501. The van der Waals surface area contributed by atoms with E-state index in [1.807, 2.05) is 41.3 Å². The summed E-state index contributed by atoms with van der Waals surface area (Å²) in [5.41, 5.74) is 3.92. The highest BCUT2D eigenvalue weighted by Gasteiger charge is 2.40. The largest absolute Gasteiger partial charge is 0.378 e. The highest BCUT2D eigenvalue weighted by molar-refractivity contribution is 5.93. The molecule has 2 aliphatic heterocycles. The molecule has 6 aromatic rings. The van der Waals surface area contributed by atoms with Crippen LogP contribution in [0.1, 0.15) is 6.42 Å². The number of ether oxygens (including phenoxy) is 1. The van der Waals surface area contributed by atoms with Crippen molar-refractivity contribution in [2.45, 2.75) is 31.2 Å². The van der Waals surface area contributed by atoms with Crippen LogP contribution in [0.15, 0.2) is 73.4 Å². The van der Waals surface area contributed by atoms with Gasteiger partial charge >= 0.3 is 0 Å². The number of para-hydroxylation sites is 1. The quantitative estimate of drug-likeness (QED) is 0.307. The summed E-state index contributed by atoms with van der Waals surface area (Å²) < 4.78 is 37.7. The van der Waals surface area contributed by atoms with E-state index >= 15 is 0 Å². The molecule has 0 unspecified atom stereocenters. The lowest BCUT2D eigenvalue weighted by Gasteiger charge is -2.30. The average molecular weight is 637 g/mol. The predicted molar refractivity (Wildman–Crippen MR) is 171 cm³/mol. The number of benzene rings is 2. The fraction of sp³-hybridized carbons (Fsp3) is 0.273. The van der Waals surface area contributed by atoms with E-state index in [1.165, 1.54) is 23.1 Å². The number of rotatable bonds is 3. The number of carbonyl (C=O) groups excluding carboxylic acids is 1. The van der Waals surface area contributed by atoms with Crippen molar-refractivity contribution in [1.29, 1.82) is 0 Å². The highest BCUT2D eigenvalue weighted by Crippen LogP contribution is 2.34. The third-order valence-corrected chi connectivity index (χ3v) is 8.94. The number of nitrogens with one attached hydrogen (secondary N) is 1. The maximum atomic E-state index is 14.8. The van der Waals surface area contributed by atoms with E-state index in [-0.39, 0.29) is 23.7 Å². The Hall–Kier alpha value is -5.50. The number of fused-ring (bicyclic) bond motifs is 6. The van der Waals surface area contributed by atoms with Gasteiger partial charge in [-0.3, -0.25) is 4.79 Å². The van der Waals surface area contributed by atoms with Gasteiger partial charge in [-0.1, -0.05) is 18.2 Å². The molecular formula is C33H30F2N10O2. The van der Waals surface area contributed by atoms with Crippen LogP contribution in [0.3, 0.4) is 0 Å². The van der Waals surface area contributed by atoms with Crippen molar-refractivity contribution in [1.82, 2.24) is 39.2 Å². The second-order valence-electron chi connectivity index (χ2n) is 11.9. The van der Waals surface area contributed by atoms with Crippen molar-refractivity contribution in [2.75, 3.05) is 37.5 Å². The molecule has 0 spiro atoms. The molecule has 238 valence electrons. The van der Waals surface area contributed by atoms with Gasteiger partial charge in [0.2, 0.25) is 5.91 Å². The van der Waals surface area contributed by atoms with E-state index in [0.29, 0.717) is 48.7 Å². The van der Waals surface area contributed by atoms with E-state index in [2.05, 4.69) is 29.9 Å². The topological polar surface area (TPSA) is 119 Å². The number of carbonyl (C=O) groups is 1. The summed E-state index contributed by atoms with van der Waals surface area (Å²) in [6, 6.07) is 14.3. The van der Waals surface area contributed by atoms with Gasteiger partial charge in [0, 0.05) is 44.9 Å². The van der Waals surface area contributed by atoms with Gasteiger partial charge in [-0.15, -0.1) is 0 Å². The standard InChI is InChI=1S/C33H30F2N10O2/c1-42-15-21(47-2)16-43-18-38-26-7-3-5-22(30(26)43)25-6-4-8-29(41-25)40-20-12-28(33(42)46)44(14-20)31-23-13-39-45(32(23)37-17-36-31)27-10-9-19(34)11-24(27)35/h3-11,13,17-18,20-21,28H,12,14-16H2,1-2H3,(H,40,41)/t20-,21-,28-/m0/s1. The lowest BCUT2D eigenvalue weighted by Crippen LogP contribution is -2.47. The number of halogens is 2. The number of nitrogens with zero attached hydrogens (tertiary/aromatic N) is 9. The molecule has 0 radical (unpaired) electrons. The number of imidazole rings is 1. The minimum Gasteiger partial charge on any atom is -0.378 e. The fourth-order valence-electron chi connectivity index (χ4n) is 6.72. The van der Waals surface area contributed by atoms with Crippen molar-refractivity contribution in [2.24, 2.45) is 0 Å². The molecule has 6 heterocycles. The molecule has 2 aliphatic rings. The summed E-state index contributed by atoms with van der Waals surface area (Å²) in [5, 5.41) is 8.46. The van der Waals surface area contributed by atoms with Crippen molar-refractivity contribution in [3.63, 3.8) is 0 Å². The number of pyridine rings is 1. The summed E-state index contributed by atoms with van der Waals surface area (Å²) in [6.07, 6.45) is 4.85. The molecule has 1 fully saturated rings. The number of amides is 1. The van der Waals surface area contributed by atoms with Crippen LogP contribution in [0, 0.1) is 11.6 Å². The summed E-state index contributed by atoms with van der Waals surface area (Å²) in [7, 11) is 3.42. The predicted octanol–water partition coefficient (Wildman–Crippen LogP) is 4.05. The van der Waals surface area contributed by atoms with Gasteiger partial charge in [0.1, 0.15) is 35.5 Å². The summed E-state index contributed by atoms with van der Waals surface area (Å²) in [5.74, 6) is -0.407. The first kappa shape index (κ1) is 28.9. The first-order valence-corrected chi connectivity index (χ1v) is 15.2. The molecule has 3 atom stereocenters. The van der Waals surface area contributed by atoms with Crippen molar-refractivity contribution in [3.8, 4) is 16.9 Å². The SMILES string of the molecule is CO[C@H]1CN(C)C(=O)[C@@H]2C[C@@H](CN2c2ncnc3c2cnn3-c2ccc(F)cc2F)Nc2cccc(n2)-c2cccc3ncn(c23)C1. The zero-order chi connectivity index (χ0) is 32.2. The summed E-state index contributed by atoms with van der Waals surface area (Å²) in [4.78, 5) is 36.5. The Kier molecular flexibility index (Phi) is 7.01. The molecular weight excluding hydrogens is 606 g/mol. The van der Waals surface area contributed by atoms with Gasteiger partial charge in [0.25, 0.3) is 0 Å². The first-order chi connectivity index (χ1) is 22.9.